The van der Waals surface area contributed by atoms with E-state index in [0.29, 0.717) is 10.5 Å². The number of nitrogens with zero attached hydrogens (tertiary/aromatic N) is 1. The van der Waals surface area contributed by atoms with Gasteiger partial charge in [0.25, 0.3) is 0 Å². The number of alkyl halides is 1. The maximum absolute atomic E-state index is 9.78. The van der Waals surface area contributed by atoms with E-state index >= 15 is 0 Å². The summed E-state index contributed by atoms with van der Waals surface area (Å²) in [4.78, 5) is 13.6. The molecule has 52 valence electrons. The van der Waals surface area contributed by atoms with Crippen molar-refractivity contribution >= 4 is 22.0 Å². The van der Waals surface area contributed by atoms with Crippen molar-refractivity contribution in [2.24, 2.45) is 4.99 Å². The molecular formula is C7H6BrNO. The normalized spacial score (nSPS) is 23.3. The van der Waals surface area contributed by atoms with Crippen molar-refractivity contribution in [3.05, 3.63) is 23.9 Å². The van der Waals surface area contributed by atoms with Gasteiger partial charge in [0.15, 0.2) is 0 Å². The molecule has 0 heterocycles. The molecule has 1 rings (SSSR count). The van der Waals surface area contributed by atoms with Gasteiger partial charge in [-0.2, -0.15) is 4.99 Å². The fourth-order valence-electron chi connectivity index (χ4n) is 0.719. The van der Waals surface area contributed by atoms with Crippen LogP contribution in [0.4, 0.5) is 0 Å². The Kier molecular flexibility index (Phi) is 2.60. The molecule has 0 aromatic rings. The lowest BCUT2D eigenvalue weighted by atomic mass is 10.1. The Morgan fingerprint density at radius 3 is 3.10 bits per heavy atom. The topological polar surface area (TPSA) is 29.4 Å². The van der Waals surface area contributed by atoms with E-state index in [1.165, 1.54) is 6.08 Å². The van der Waals surface area contributed by atoms with Gasteiger partial charge in [-0.15, -0.1) is 0 Å². The first kappa shape index (κ1) is 7.45. The number of carbonyl (C=O) groups excluding carboxylic acids is 1. The lowest BCUT2D eigenvalue weighted by Gasteiger charge is -2.04. The smallest absolute Gasteiger partial charge is 0.211 e. The molecule has 0 fully saturated rings. The minimum atomic E-state index is 0.387. The summed E-state index contributed by atoms with van der Waals surface area (Å²) in [7, 11) is 0. The van der Waals surface area contributed by atoms with Gasteiger partial charge in [0.1, 0.15) is 0 Å². The van der Waals surface area contributed by atoms with E-state index in [9.17, 15) is 4.79 Å². The van der Waals surface area contributed by atoms with Crippen molar-refractivity contribution in [1.29, 1.82) is 0 Å². The number of aliphatic imine (C=N–C) groups is 1. The van der Waals surface area contributed by atoms with Crippen LogP contribution in [-0.4, -0.2) is 10.9 Å². The van der Waals surface area contributed by atoms with E-state index in [1.54, 1.807) is 6.08 Å². The van der Waals surface area contributed by atoms with Crippen LogP contribution in [0.3, 0.4) is 0 Å². The van der Waals surface area contributed by atoms with Crippen LogP contribution in [-0.2, 0) is 4.79 Å². The van der Waals surface area contributed by atoms with Crippen LogP contribution in [0.25, 0.3) is 0 Å². The summed E-state index contributed by atoms with van der Waals surface area (Å²) in [6.45, 7) is 0. The molecule has 1 atom stereocenters. The highest BCUT2D eigenvalue weighted by atomic mass is 79.9. The largest absolute Gasteiger partial charge is 0.240 e. The summed E-state index contributed by atoms with van der Waals surface area (Å²) in [6.07, 6.45) is 8.03. The molecule has 1 aliphatic carbocycles. The van der Waals surface area contributed by atoms with Crippen LogP contribution in [0.15, 0.2) is 28.9 Å². The summed E-state index contributed by atoms with van der Waals surface area (Å²) >= 11 is 3.40. The van der Waals surface area contributed by atoms with Gasteiger partial charge in [0.2, 0.25) is 6.08 Å². The summed E-state index contributed by atoms with van der Waals surface area (Å²) in [6, 6.07) is 0. The number of rotatable bonds is 1. The fourth-order valence-corrected chi connectivity index (χ4v) is 1.06. The molecule has 0 aromatic carbocycles. The van der Waals surface area contributed by atoms with Crippen molar-refractivity contribution in [3.63, 3.8) is 0 Å². The summed E-state index contributed by atoms with van der Waals surface area (Å²) in [5, 5.41) is 0. The second kappa shape index (κ2) is 3.49. The molecule has 0 spiro atoms. The highest BCUT2D eigenvalue weighted by Crippen LogP contribution is 2.16. The first-order valence-corrected chi connectivity index (χ1v) is 3.85. The van der Waals surface area contributed by atoms with Crippen molar-refractivity contribution in [3.8, 4) is 0 Å². The second-order valence-electron chi connectivity index (χ2n) is 1.94. The molecule has 0 radical (unpaired) electrons. The van der Waals surface area contributed by atoms with E-state index in [4.69, 9.17) is 0 Å². The van der Waals surface area contributed by atoms with Crippen LogP contribution >= 0.6 is 15.9 Å². The van der Waals surface area contributed by atoms with Crippen LogP contribution in [0.1, 0.15) is 6.42 Å². The molecular weight excluding hydrogens is 194 g/mol. The van der Waals surface area contributed by atoms with Crippen LogP contribution < -0.4 is 0 Å². The van der Waals surface area contributed by atoms with Gasteiger partial charge in [-0.05, 0) is 12.5 Å². The second-order valence-corrected chi connectivity index (χ2v) is 3.12. The molecule has 0 bridgehead atoms. The first-order chi connectivity index (χ1) is 4.83. The molecule has 0 amide bonds. The van der Waals surface area contributed by atoms with Gasteiger partial charge in [0, 0.05) is 4.83 Å². The fraction of sp³-hybridized carbons (Fsp3) is 0.286. The maximum Gasteiger partial charge on any atom is 0.240 e. The zero-order valence-corrected chi connectivity index (χ0v) is 6.84. The van der Waals surface area contributed by atoms with E-state index in [2.05, 4.69) is 20.9 Å². The average molecular weight is 200 g/mol. The third-order valence-corrected chi connectivity index (χ3v) is 1.88. The van der Waals surface area contributed by atoms with Gasteiger partial charge in [0.05, 0.1) is 5.70 Å². The highest BCUT2D eigenvalue weighted by Gasteiger charge is 2.02. The van der Waals surface area contributed by atoms with E-state index in [-0.39, 0.29) is 0 Å². The van der Waals surface area contributed by atoms with E-state index < -0.39 is 0 Å². The Labute approximate surface area is 67.5 Å². The molecule has 3 heteroatoms. The third kappa shape index (κ3) is 1.94. The van der Waals surface area contributed by atoms with E-state index in [1.807, 2.05) is 12.2 Å². The molecule has 0 saturated carbocycles. The third-order valence-electron chi connectivity index (χ3n) is 1.20. The Morgan fingerprint density at radius 1 is 1.80 bits per heavy atom. The number of isocyanates is 1. The van der Waals surface area contributed by atoms with Crippen molar-refractivity contribution in [1.82, 2.24) is 0 Å². The maximum atomic E-state index is 9.78. The van der Waals surface area contributed by atoms with Gasteiger partial charge >= 0.3 is 0 Å². The van der Waals surface area contributed by atoms with Gasteiger partial charge in [-0.25, -0.2) is 4.79 Å². The number of hydrogen-bond acceptors (Lipinski definition) is 2. The van der Waals surface area contributed by atoms with Crippen molar-refractivity contribution < 1.29 is 4.79 Å². The summed E-state index contributed by atoms with van der Waals surface area (Å²) in [5.74, 6) is 0. The Bertz CT molecular complexity index is 226. The molecule has 0 aromatic heterocycles. The molecule has 0 aliphatic heterocycles. The van der Waals surface area contributed by atoms with Crippen molar-refractivity contribution in [2.75, 3.05) is 0 Å². The van der Waals surface area contributed by atoms with Crippen LogP contribution in [0, 0.1) is 0 Å². The van der Waals surface area contributed by atoms with Crippen LogP contribution in [0.5, 0.6) is 0 Å². The Balaban J connectivity index is 2.67. The zero-order valence-electron chi connectivity index (χ0n) is 5.25. The molecule has 1 unspecified atom stereocenters. The molecule has 0 N–H and O–H groups in total. The quantitative estimate of drug-likeness (QED) is 0.361. The van der Waals surface area contributed by atoms with E-state index in [0.717, 1.165) is 6.42 Å². The molecule has 10 heavy (non-hydrogen) atoms. The predicted octanol–water partition coefficient (Wildman–Crippen LogP) is 1.93. The van der Waals surface area contributed by atoms with Gasteiger partial charge in [-0.1, -0.05) is 28.1 Å². The number of allylic oxidation sites excluding steroid dienone is 3. The minimum Gasteiger partial charge on any atom is -0.211 e. The lowest BCUT2D eigenvalue weighted by Crippen LogP contribution is -1.94. The summed E-state index contributed by atoms with van der Waals surface area (Å²) < 4.78 is 0. The Morgan fingerprint density at radius 2 is 2.60 bits per heavy atom. The minimum absolute atomic E-state index is 0.387. The number of halogens is 1. The Hall–Kier alpha value is -0.660. The number of hydrogen-bond donors (Lipinski definition) is 0. The van der Waals surface area contributed by atoms with Gasteiger partial charge < -0.3 is 0 Å². The predicted molar refractivity (Wildman–Crippen MR) is 42.7 cm³/mol. The van der Waals surface area contributed by atoms with Crippen molar-refractivity contribution in [2.45, 2.75) is 11.2 Å². The SMILES string of the molecule is O=C=NC1=CCC(Br)C=C1. The molecule has 0 saturated heterocycles. The average Bonchev–Trinajstić information content (AvgIpc) is 1.95. The molecule has 1 aliphatic rings. The van der Waals surface area contributed by atoms with Crippen LogP contribution in [0.2, 0.25) is 0 Å². The monoisotopic (exact) mass is 199 g/mol. The summed E-state index contributed by atoms with van der Waals surface area (Å²) in [5.41, 5.74) is 0.700. The molecule has 2 nitrogen and oxygen atoms in total. The van der Waals surface area contributed by atoms with Gasteiger partial charge in [-0.3, -0.25) is 0 Å². The lowest BCUT2D eigenvalue weighted by molar-refractivity contribution is 0.565. The standard InChI is InChI=1S/C7H6BrNO/c8-6-1-3-7(4-2-6)9-5-10/h1,3-4,6H,2H2. The highest BCUT2D eigenvalue weighted by molar-refractivity contribution is 9.09. The zero-order chi connectivity index (χ0) is 7.40. The first-order valence-electron chi connectivity index (χ1n) is 2.93.